The Morgan fingerprint density at radius 2 is 2.10 bits per heavy atom. The fraction of sp³-hybridized carbons (Fsp3) is 0.429. The first-order chi connectivity index (χ1) is 14.3. The Bertz CT molecular complexity index is 1180. The van der Waals surface area contributed by atoms with Gasteiger partial charge in [-0.05, 0) is 37.5 Å². The van der Waals surface area contributed by atoms with Crippen molar-refractivity contribution < 1.29 is 4.39 Å². The summed E-state index contributed by atoms with van der Waals surface area (Å²) in [4.78, 5) is 28.5. The van der Waals surface area contributed by atoms with E-state index in [2.05, 4.69) is 20.3 Å². The molecule has 0 radical (unpaired) electrons. The van der Waals surface area contributed by atoms with E-state index in [1.165, 1.54) is 10.6 Å². The molecule has 0 amide bonds. The number of hydrogen-bond donors (Lipinski definition) is 1. The number of piperazine rings is 1. The number of nitrogens with zero attached hydrogens (tertiary/aromatic N) is 5. The van der Waals surface area contributed by atoms with Crippen LogP contribution in [-0.4, -0.2) is 45.2 Å². The molecule has 9 heteroatoms. The zero-order valence-corrected chi connectivity index (χ0v) is 18.2. The first-order valence-electron chi connectivity index (χ1n) is 10.0. The van der Waals surface area contributed by atoms with Gasteiger partial charge in [-0.1, -0.05) is 25.4 Å². The molecule has 0 aliphatic carbocycles. The molecule has 4 rings (SSSR count). The summed E-state index contributed by atoms with van der Waals surface area (Å²) in [6.07, 6.45) is 1.71. The first-order valence-corrected chi connectivity index (χ1v) is 10.4. The summed E-state index contributed by atoms with van der Waals surface area (Å²) in [6.45, 7) is 10.1. The van der Waals surface area contributed by atoms with E-state index in [1.54, 1.807) is 6.20 Å². The van der Waals surface area contributed by atoms with Gasteiger partial charge in [-0.15, -0.1) is 0 Å². The van der Waals surface area contributed by atoms with Gasteiger partial charge in [0.05, 0.1) is 16.8 Å². The average Bonchev–Trinajstić information content (AvgIpc) is 2.70. The molecule has 0 aromatic carbocycles. The van der Waals surface area contributed by atoms with E-state index in [0.29, 0.717) is 23.4 Å². The summed E-state index contributed by atoms with van der Waals surface area (Å²) in [5.74, 6) is -0.159. The minimum atomic E-state index is -0.646. The minimum absolute atomic E-state index is 0.0608. The van der Waals surface area contributed by atoms with Gasteiger partial charge >= 0.3 is 5.69 Å². The van der Waals surface area contributed by atoms with Crippen LogP contribution in [0.3, 0.4) is 0 Å². The summed E-state index contributed by atoms with van der Waals surface area (Å²) < 4.78 is 15.9. The van der Waals surface area contributed by atoms with Crippen LogP contribution in [0, 0.1) is 12.7 Å². The first kappa shape index (κ1) is 20.7. The lowest BCUT2D eigenvalue weighted by molar-refractivity contribution is 0.497. The van der Waals surface area contributed by atoms with Gasteiger partial charge in [-0.2, -0.15) is 4.98 Å². The van der Waals surface area contributed by atoms with Gasteiger partial charge in [0.15, 0.2) is 16.6 Å². The number of nitrogens with one attached hydrogen (secondary N) is 1. The Morgan fingerprint density at radius 1 is 1.33 bits per heavy atom. The Kier molecular flexibility index (Phi) is 5.46. The number of anilines is 1. The predicted octanol–water partition coefficient (Wildman–Crippen LogP) is 3.20. The second-order valence-electron chi connectivity index (χ2n) is 7.95. The number of hydrogen-bond acceptors (Lipinski definition) is 6. The third-order valence-electron chi connectivity index (χ3n) is 5.46. The molecule has 0 bridgehead atoms. The molecule has 158 valence electrons. The fourth-order valence-electron chi connectivity index (χ4n) is 3.94. The van der Waals surface area contributed by atoms with Crippen LogP contribution in [0.2, 0.25) is 5.15 Å². The topological polar surface area (TPSA) is 75.9 Å². The van der Waals surface area contributed by atoms with E-state index in [0.717, 1.165) is 24.3 Å². The lowest BCUT2D eigenvalue weighted by Gasteiger charge is -2.35. The van der Waals surface area contributed by atoms with Crippen LogP contribution in [0.5, 0.6) is 0 Å². The molecule has 3 aromatic heterocycles. The third-order valence-corrected chi connectivity index (χ3v) is 5.72. The Morgan fingerprint density at radius 3 is 2.80 bits per heavy atom. The monoisotopic (exact) mass is 430 g/mol. The molecule has 0 unspecified atom stereocenters. The predicted molar refractivity (Wildman–Crippen MR) is 116 cm³/mol. The van der Waals surface area contributed by atoms with Crippen LogP contribution in [-0.2, 0) is 0 Å². The Labute approximate surface area is 178 Å². The van der Waals surface area contributed by atoms with Crippen LogP contribution >= 0.6 is 11.6 Å². The summed E-state index contributed by atoms with van der Waals surface area (Å²) >= 11 is 6.05. The maximum atomic E-state index is 14.5. The minimum Gasteiger partial charge on any atom is -0.351 e. The second-order valence-corrected chi connectivity index (χ2v) is 8.31. The number of aryl methyl sites for hydroxylation is 1. The van der Waals surface area contributed by atoms with Crippen molar-refractivity contribution in [3.05, 3.63) is 51.0 Å². The van der Waals surface area contributed by atoms with Crippen molar-refractivity contribution >= 4 is 28.5 Å². The number of halogens is 2. The van der Waals surface area contributed by atoms with E-state index in [-0.39, 0.29) is 22.8 Å². The lowest BCUT2D eigenvalue weighted by Crippen LogP contribution is -2.50. The number of fused-ring (bicyclic) bond motifs is 1. The van der Waals surface area contributed by atoms with Gasteiger partial charge in [-0.3, -0.25) is 4.98 Å². The Balaban J connectivity index is 2.10. The molecule has 1 fully saturated rings. The highest BCUT2D eigenvalue weighted by atomic mass is 35.5. The number of aromatic nitrogens is 4. The molecule has 1 aliphatic rings. The third kappa shape index (κ3) is 3.44. The van der Waals surface area contributed by atoms with Gasteiger partial charge in [0.25, 0.3) is 0 Å². The highest BCUT2D eigenvalue weighted by Crippen LogP contribution is 2.31. The zero-order valence-electron chi connectivity index (χ0n) is 17.4. The van der Waals surface area contributed by atoms with E-state index in [4.69, 9.17) is 11.6 Å². The van der Waals surface area contributed by atoms with Crippen LogP contribution in [0.4, 0.5) is 10.2 Å². The maximum Gasteiger partial charge on any atom is 0.355 e. The van der Waals surface area contributed by atoms with E-state index in [9.17, 15) is 9.18 Å². The number of pyridine rings is 2. The molecule has 1 N–H and O–H groups in total. The van der Waals surface area contributed by atoms with Crippen LogP contribution in [0.25, 0.3) is 16.7 Å². The molecular formula is C21H24ClFN6O. The second kappa shape index (κ2) is 7.92. The van der Waals surface area contributed by atoms with Gasteiger partial charge < -0.3 is 10.2 Å². The van der Waals surface area contributed by atoms with E-state index < -0.39 is 11.5 Å². The fourth-order valence-corrected chi connectivity index (χ4v) is 4.08. The van der Waals surface area contributed by atoms with Crippen LogP contribution in [0.1, 0.15) is 37.9 Å². The van der Waals surface area contributed by atoms with Crippen molar-refractivity contribution in [3.8, 4) is 5.69 Å². The molecule has 7 nitrogen and oxygen atoms in total. The van der Waals surface area contributed by atoms with Crippen LogP contribution < -0.4 is 15.9 Å². The number of rotatable bonds is 3. The lowest BCUT2D eigenvalue weighted by atomic mass is 10.0. The van der Waals surface area contributed by atoms with Crippen molar-refractivity contribution in [2.45, 2.75) is 39.7 Å². The largest absolute Gasteiger partial charge is 0.355 e. The smallest absolute Gasteiger partial charge is 0.351 e. The Hall–Kier alpha value is -2.58. The summed E-state index contributed by atoms with van der Waals surface area (Å²) in [5, 5.41) is 3.47. The van der Waals surface area contributed by atoms with Crippen molar-refractivity contribution in [2.24, 2.45) is 0 Å². The van der Waals surface area contributed by atoms with Crippen molar-refractivity contribution in [1.82, 2.24) is 24.8 Å². The summed E-state index contributed by atoms with van der Waals surface area (Å²) in [6, 6.07) is 3.24. The van der Waals surface area contributed by atoms with Gasteiger partial charge in [0.2, 0.25) is 0 Å². The molecule has 3 aromatic rings. The molecular weight excluding hydrogens is 407 g/mol. The molecule has 1 aliphatic heterocycles. The molecule has 30 heavy (non-hydrogen) atoms. The van der Waals surface area contributed by atoms with Crippen molar-refractivity contribution in [2.75, 3.05) is 24.5 Å². The molecule has 0 spiro atoms. The molecule has 0 saturated carbocycles. The highest BCUT2D eigenvalue weighted by Gasteiger charge is 2.26. The molecule has 1 saturated heterocycles. The van der Waals surface area contributed by atoms with Crippen molar-refractivity contribution in [3.63, 3.8) is 0 Å². The zero-order chi connectivity index (χ0) is 21.6. The average molecular weight is 431 g/mol. The molecule has 4 heterocycles. The summed E-state index contributed by atoms with van der Waals surface area (Å²) in [7, 11) is 0. The standard InChI is InChI=1S/C21H24ClFN6O/c1-11(2)16-17(12(3)5-6-25-16)29-20-14(9-15(23)18(22)26-20)19(27-21(29)30)28-8-7-24-10-13(28)4/h5-6,9,11,13,24H,7-8,10H2,1-4H3/t13-/m0/s1. The van der Waals surface area contributed by atoms with Crippen molar-refractivity contribution in [1.29, 1.82) is 0 Å². The highest BCUT2D eigenvalue weighted by molar-refractivity contribution is 6.30. The van der Waals surface area contributed by atoms with Gasteiger partial charge in [0.1, 0.15) is 5.82 Å². The maximum absolute atomic E-state index is 14.5. The van der Waals surface area contributed by atoms with Gasteiger partial charge in [-0.25, -0.2) is 18.7 Å². The SMILES string of the molecule is Cc1ccnc(C(C)C)c1-n1c(=O)nc(N2CCNC[C@@H]2C)c2cc(F)c(Cl)nc21. The quantitative estimate of drug-likeness (QED) is 0.643. The van der Waals surface area contributed by atoms with E-state index in [1.807, 2.05) is 38.7 Å². The normalized spacial score (nSPS) is 17.2. The van der Waals surface area contributed by atoms with Gasteiger partial charge in [0, 0.05) is 31.9 Å². The van der Waals surface area contributed by atoms with Crippen LogP contribution in [0.15, 0.2) is 23.1 Å². The summed E-state index contributed by atoms with van der Waals surface area (Å²) in [5.41, 5.74) is 2.00. The van der Waals surface area contributed by atoms with E-state index >= 15 is 0 Å². The molecule has 1 atom stereocenters.